The highest BCUT2D eigenvalue weighted by Crippen LogP contribution is 2.32. The Morgan fingerprint density at radius 2 is 1.94 bits per heavy atom. The summed E-state index contributed by atoms with van der Waals surface area (Å²) < 4.78 is 0. The van der Waals surface area contributed by atoms with Gasteiger partial charge in [-0.25, -0.2) is 0 Å². The van der Waals surface area contributed by atoms with Crippen LogP contribution >= 0.6 is 11.8 Å². The Labute approximate surface area is 211 Å². The molecule has 2 amide bonds. The minimum absolute atomic E-state index is 0.130. The molecule has 188 valence electrons. The number of carbonyl (C=O) groups excluding carboxylic acids is 2. The summed E-state index contributed by atoms with van der Waals surface area (Å²) >= 11 is 1.77. The number of thioether (sulfide) groups is 1. The van der Waals surface area contributed by atoms with E-state index in [2.05, 4.69) is 15.2 Å². The fourth-order valence-corrected chi connectivity index (χ4v) is 5.74. The molecule has 2 fully saturated rings. The van der Waals surface area contributed by atoms with E-state index >= 15 is 0 Å². The molecule has 2 N–H and O–H groups in total. The Morgan fingerprint density at radius 3 is 2.63 bits per heavy atom. The van der Waals surface area contributed by atoms with Gasteiger partial charge in [0.15, 0.2) is 0 Å². The summed E-state index contributed by atoms with van der Waals surface area (Å²) in [6.07, 6.45) is 6.63. The van der Waals surface area contributed by atoms with Crippen LogP contribution in [0.15, 0.2) is 48.8 Å². The van der Waals surface area contributed by atoms with Crippen LogP contribution < -0.4 is 10.4 Å². The van der Waals surface area contributed by atoms with Crippen molar-refractivity contribution < 1.29 is 14.8 Å². The van der Waals surface area contributed by atoms with Crippen molar-refractivity contribution in [2.24, 2.45) is 0 Å². The lowest BCUT2D eigenvalue weighted by atomic mass is 10.1. The van der Waals surface area contributed by atoms with Gasteiger partial charge in [-0.3, -0.25) is 30.0 Å². The van der Waals surface area contributed by atoms with Crippen molar-refractivity contribution in [2.45, 2.75) is 44.0 Å². The molecular weight excluding hydrogens is 462 g/mol. The van der Waals surface area contributed by atoms with E-state index in [0.717, 1.165) is 61.9 Å². The topological polar surface area (TPSA) is 89.0 Å². The number of benzene rings is 1. The largest absolute Gasteiger partial charge is 0.339 e. The molecular formula is C26H35N5O3S. The Kier molecular flexibility index (Phi) is 9.14. The smallest absolute Gasteiger partial charge is 0.250 e. The third-order valence-corrected chi connectivity index (χ3v) is 7.84. The lowest BCUT2D eigenvalue weighted by molar-refractivity contribution is -0.134. The molecule has 0 radical (unpaired) electrons. The summed E-state index contributed by atoms with van der Waals surface area (Å²) in [5, 5.41) is 14.3. The van der Waals surface area contributed by atoms with E-state index in [1.807, 2.05) is 42.3 Å². The van der Waals surface area contributed by atoms with Crippen LogP contribution in [-0.4, -0.2) is 76.3 Å². The van der Waals surface area contributed by atoms with Crippen molar-refractivity contribution in [1.82, 2.24) is 20.1 Å². The number of pyridine rings is 1. The average Bonchev–Trinajstić information content (AvgIpc) is 3.40. The Balaban J connectivity index is 1.16. The van der Waals surface area contributed by atoms with Gasteiger partial charge in [0.1, 0.15) is 0 Å². The van der Waals surface area contributed by atoms with E-state index in [1.54, 1.807) is 30.1 Å². The molecule has 1 aromatic heterocycles. The second-order valence-electron chi connectivity index (χ2n) is 9.11. The molecule has 2 unspecified atom stereocenters. The number of hydroxylamine groups is 1. The first-order chi connectivity index (χ1) is 17.0. The third kappa shape index (κ3) is 6.82. The first kappa shape index (κ1) is 25.6. The highest BCUT2D eigenvalue weighted by atomic mass is 32.2. The maximum atomic E-state index is 13.0. The van der Waals surface area contributed by atoms with Crippen LogP contribution in [0.4, 0.5) is 5.69 Å². The average molecular weight is 498 g/mol. The van der Waals surface area contributed by atoms with Crippen LogP contribution in [0, 0.1) is 0 Å². The molecule has 2 saturated heterocycles. The summed E-state index contributed by atoms with van der Waals surface area (Å²) in [6, 6.07) is 11.4. The molecule has 1 aromatic carbocycles. The second kappa shape index (κ2) is 12.5. The number of piperazine rings is 1. The lowest BCUT2D eigenvalue weighted by Crippen LogP contribution is -2.53. The Hall–Kier alpha value is -2.46. The predicted octanol–water partition coefficient (Wildman–Crippen LogP) is 3.08. The molecule has 0 bridgehead atoms. The van der Waals surface area contributed by atoms with Crippen molar-refractivity contribution in [3.8, 4) is 0 Å². The zero-order valence-electron chi connectivity index (χ0n) is 20.3. The highest BCUT2D eigenvalue weighted by Gasteiger charge is 2.34. The monoisotopic (exact) mass is 497 g/mol. The van der Waals surface area contributed by atoms with Gasteiger partial charge in [0.05, 0.1) is 17.1 Å². The summed E-state index contributed by atoms with van der Waals surface area (Å²) in [5.41, 5.74) is 2.81. The van der Waals surface area contributed by atoms with Crippen molar-refractivity contribution in [3.63, 3.8) is 0 Å². The zero-order chi connectivity index (χ0) is 24.6. The predicted molar refractivity (Wildman–Crippen MR) is 138 cm³/mol. The summed E-state index contributed by atoms with van der Waals surface area (Å²) in [4.78, 5) is 33.4. The normalized spacial score (nSPS) is 20.7. The van der Waals surface area contributed by atoms with Gasteiger partial charge >= 0.3 is 0 Å². The maximum Gasteiger partial charge on any atom is 0.250 e. The highest BCUT2D eigenvalue weighted by molar-refractivity contribution is 7.99. The fraction of sp³-hybridized carbons (Fsp3) is 0.500. The summed E-state index contributed by atoms with van der Waals surface area (Å²) in [7, 11) is 0. The Bertz CT molecular complexity index is 967. The van der Waals surface area contributed by atoms with E-state index in [0.29, 0.717) is 18.5 Å². The second-order valence-corrected chi connectivity index (χ2v) is 10.2. The molecule has 2 atom stereocenters. The fourth-order valence-electron chi connectivity index (χ4n) is 4.52. The molecule has 0 spiro atoms. The van der Waals surface area contributed by atoms with Gasteiger partial charge in [0.2, 0.25) is 5.91 Å². The molecule has 0 saturated carbocycles. The van der Waals surface area contributed by atoms with Crippen LogP contribution in [0.3, 0.4) is 0 Å². The molecule has 0 aliphatic carbocycles. The van der Waals surface area contributed by atoms with Gasteiger partial charge in [-0.1, -0.05) is 25.1 Å². The van der Waals surface area contributed by atoms with E-state index in [4.69, 9.17) is 0 Å². The van der Waals surface area contributed by atoms with Gasteiger partial charge in [0.25, 0.3) is 5.91 Å². The zero-order valence-corrected chi connectivity index (χ0v) is 21.1. The van der Waals surface area contributed by atoms with Gasteiger partial charge in [-0.05, 0) is 55.1 Å². The minimum Gasteiger partial charge on any atom is -0.339 e. The van der Waals surface area contributed by atoms with E-state index in [1.165, 1.54) is 5.56 Å². The Morgan fingerprint density at radius 1 is 1.17 bits per heavy atom. The third-order valence-electron chi connectivity index (χ3n) is 6.57. The number of nitrogens with zero attached hydrogens (tertiary/aromatic N) is 4. The number of carbonyl (C=O) groups is 2. The molecule has 9 heteroatoms. The van der Waals surface area contributed by atoms with Crippen molar-refractivity contribution in [1.29, 1.82) is 0 Å². The van der Waals surface area contributed by atoms with Gasteiger partial charge < -0.3 is 4.90 Å². The lowest BCUT2D eigenvalue weighted by Gasteiger charge is -2.36. The number of rotatable bonds is 9. The standard InChI is InChI=1S/C26H35N5O3S/c1-2-5-24(32)31(34)22-10-8-20(9-11-22)6-4-13-29-14-16-30(17-15-29)26(33)23-19-35-25(28-23)21-7-3-12-27-18-21/h3,7-12,18,23,25,28,34H,2,4-6,13-17,19H2,1H3. The van der Waals surface area contributed by atoms with Gasteiger partial charge in [-0.2, -0.15) is 5.06 Å². The maximum absolute atomic E-state index is 13.0. The van der Waals surface area contributed by atoms with Crippen LogP contribution in [0.25, 0.3) is 0 Å². The molecule has 35 heavy (non-hydrogen) atoms. The number of hydrogen-bond acceptors (Lipinski definition) is 7. The number of nitrogens with one attached hydrogen (secondary N) is 1. The van der Waals surface area contributed by atoms with Crippen molar-refractivity contribution in [2.75, 3.05) is 43.5 Å². The molecule has 4 rings (SSSR count). The molecule has 2 aliphatic rings. The summed E-state index contributed by atoms with van der Waals surface area (Å²) in [5.74, 6) is 0.714. The van der Waals surface area contributed by atoms with Gasteiger partial charge in [0, 0.05) is 50.7 Å². The van der Waals surface area contributed by atoms with Crippen LogP contribution in [0.2, 0.25) is 0 Å². The number of aromatic nitrogens is 1. The van der Waals surface area contributed by atoms with Crippen molar-refractivity contribution >= 4 is 29.3 Å². The molecule has 2 aromatic rings. The molecule has 8 nitrogen and oxygen atoms in total. The first-order valence-corrected chi connectivity index (χ1v) is 13.5. The number of anilines is 1. The molecule has 3 heterocycles. The van der Waals surface area contributed by atoms with E-state index in [9.17, 15) is 14.8 Å². The van der Waals surface area contributed by atoms with E-state index in [-0.39, 0.29) is 23.2 Å². The van der Waals surface area contributed by atoms with E-state index < -0.39 is 0 Å². The SMILES string of the molecule is CCCC(=O)N(O)c1ccc(CCCN2CCN(C(=O)C3CSC(c4cccnc4)N3)CC2)cc1. The minimum atomic E-state index is -0.284. The first-order valence-electron chi connectivity index (χ1n) is 12.4. The number of aryl methyl sites for hydroxylation is 1. The quantitative estimate of drug-likeness (QED) is 0.407. The number of hydrogen-bond donors (Lipinski definition) is 2. The number of amides is 2. The summed E-state index contributed by atoms with van der Waals surface area (Å²) in [6.45, 7) is 6.24. The van der Waals surface area contributed by atoms with Crippen LogP contribution in [0.1, 0.15) is 42.7 Å². The van der Waals surface area contributed by atoms with Crippen LogP contribution in [0.5, 0.6) is 0 Å². The molecule has 2 aliphatic heterocycles. The van der Waals surface area contributed by atoms with Crippen LogP contribution in [-0.2, 0) is 16.0 Å². The van der Waals surface area contributed by atoms with Gasteiger partial charge in [-0.15, -0.1) is 11.8 Å². The van der Waals surface area contributed by atoms with Crippen molar-refractivity contribution in [3.05, 3.63) is 59.9 Å².